The van der Waals surface area contributed by atoms with Crippen LogP contribution in [0.2, 0.25) is 10.0 Å². The van der Waals surface area contributed by atoms with Gasteiger partial charge in [0.1, 0.15) is 5.75 Å². The molecule has 0 aromatic heterocycles. The predicted molar refractivity (Wildman–Crippen MR) is 88.1 cm³/mol. The second kappa shape index (κ2) is 6.81. The predicted octanol–water partition coefficient (Wildman–Crippen LogP) is 5.07. The lowest BCUT2D eigenvalue weighted by Crippen LogP contribution is -2.18. The summed E-state index contributed by atoms with van der Waals surface area (Å²) in [4.78, 5) is 0. The molecule has 0 bridgehead atoms. The Morgan fingerprint density at radius 3 is 2.45 bits per heavy atom. The third-order valence-corrected chi connectivity index (χ3v) is 4.20. The standard InChI is InChI=1S/C15H14BrCl2NO/c1-19-15(11-8-10(16)4-5-12(11)17)9-3-6-14(20-2)13(18)7-9/h3-8,15,19H,1-2H3. The molecule has 0 saturated carbocycles. The van der Waals surface area contributed by atoms with Crippen molar-refractivity contribution in [2.45, 2.75) is 6.04 Å². The zero-order valence-electron chi connectivity index (χ0n) is 11.1. The SMILES string of the molecule is CNC(c1ccc(OC)c(Cl)c1)c1cc(Br)ccc1Cl. The maximum atomic E-state index is 6.30. The highest BCUT2D eigenvalue weighted by atomic mass is 79.9. The largest absolute Gasteiger partial charge is 0.495 e. The average Bonchev–Trinajstić information content (AvgIpc) is 2.44. The van der Waals surface area contributed by atoms with Gasteiger partial charge in [-0.1, -0.05) is 45.2 Å². The molecule has 2 nitrogen and oxygen atoms in total. The maximum absolute atomic E-state index is 6.30. The molecule has 2 aromatic rings. The Bertz CT molecular complexity index is 619. The second-order valence-corrected chi connectivity index (χ2v) is 6.01. The van der Waals surface area contributed by atoms with E-state index in [1.807, 2.05) is 43.4 Å². The van der Waals surface area contributed by atoms with Crippen molar-refractivity contribution in [3.05, 3.63) is 62.0 Å². The van der Waals surface area contributed by atoms with Crippen LogP contribution in [0.5, 0.6) is 5.75 Å². The molecule has 106 valence electrons. The minimum Gasteiger partial charge on any atom is -0.495 e. The van der Waals surface area contributed by atoms with Gasteiger partial charge in [0.2, 0.25) is 0 Å². The van der Waals surface area contributed by atoms with Gasteiger partial charge in [0.25, 0.3) is 0 Å². The molecule has 1 atom stereocenters. The second-order valence-electron chi connectivity index (χ2n) is 4.28. The van der Waals surface area contributed by atoms with Gasteiger partial charge in [-0.15, -0.1) is 0 Å². The van der Waals surface area contributed by atoms with Crippen LogP contribution >= 0.6 is 39.1 Å². The Morgan fingerprint density at radius 2 is 1.85 bits per heavy atom. The lowest BCUT2D eigenvalue weighted by Gasteiger charge is -2.19. The van der Waals surface area contributed by atoms with Gasteiger partial charge in [0, 0.05) is 9.50 Å². The van der Waals surface area contributed by atoms with Crippen LogP contribution in [0, 0.1) is 0 Å². The fourth-order valence-electron chi connectivity index (χ4n) is 2.10. The number of methoxy groups -OCH3 is 1. The number of benzene rings is 2. The first-order valence-corrected chi connectivity index (χ1v) is 7.57. The lowest BCUT2D eigenvalue weighted by atomic mass is 9.98. The summed E-state index contributed by atoms with van der Waals surface area (Å²) in [6.07, 6.45) is 0. The molecule has 0 saturated heterocycles. The van der Waals surface area contributed by atoms with Gasteiger partial charge in [0.15, 0.2) is 0 Å². The number of hydrogen-bond donors (Lipinski definition) is 1. The van der Waals surface area contributed by atoms with Gasteiger partial charge >= 0.3 is 0 Å². The summed E-state index contributed by atoms with van der Waals surface area (Å²) >= 11 is 16.0. The summed E-state index contributed by atoms with van der Waals surface area (Å²) in [7, 11) is 3.49. The van der Waals surface area contributed by atoms with Crippen molar-refractivity contribution >= 4 is 39.1 Å². The van der Waals surface area contributed by atoms with Crippen LogP contribution in [0.1, 0.15) is 17.2 Å². The van der Waals surface area contributed by atoms with Crippen LogP contribution in [0.25, 0.3) is 0 Å². The quantitative estimate of drug-likeness (QED) is 0.806. The molecule has 0 aliphatic carbocycles. The van der Waals surface area contributed by atoms with Crippen LogP contribution < -0.4 is 10.1 Å². The zero-order chi connectivity index (χ0) is 14.7. The topological polar surface area (TPSA) is 21.3 Å². The van der Waals surface area contributed by atoms with E-state index in [2.05, 4.69) is 21.2 Å². The molecule has 20 heavy (non-hydrogen) atoms. The Kier molecular flexibility index (Phi) is 5.33. The monoisotopic (exact) mass is 373 g/mol. The van der Waals surface area contributed by atoms with Gasteiger partial charge in [-0.05, 0) is 48.5 Å². The molecule has 0 fully saturated rings. The molecule has 1 unspecified atom stereocenters. The van der Waals surface area contributed by atoms with Crippen LogP contribution in [0.15, 0.2) is 40.9 Å². The van der Waals surface area contributed by atoms with Crippen LogP contribution in [0.3, 0.4) is 0 Å². The highest BCUT2D eigenvalue weighted by Crippen LogP contribution is 2.34. The van der Waals surface area contributed by atoms with Gasteiger partial charge in [0.05, 0.1) is 18.2 Å². The van der Waals surface area contributed by atoms with Crippen molar-refractivity contribution in [1.82, 2.24) is 5.32 Å². The van der Waals surface area contributed by atoms with Crippen LogP contribution in [0.4, 0.5) is 0 Å². The molecule has 2 rings (SSSR count). The fourth-order valence-corrected chi connectivity index (χ4v) is 2.97. The van der Waals surface area contributed by atoms with E-state index in [1.54, 1.807) is 7.11 Å². The smallest absolute Gasteiger partial charge is 0.137 e. The van der Waals surface area contributed by atoms with E-state index in [4.69, 9.17) is 27.9 Å². The van der Waals surface area contributed by atoms with E-state index in [9.17, 15) is 0 Å². The van der Waals surface area contributed by atoms with Gasteiger partial charge < -0.3 is 10.1 Å². The highest BCUT2D eigenvalue weighted by Gasteiger charge is 2.17. The van der Waals surface area contributed by atoms with Gasteiger partial charge in [-0.2, -0.15) is 0 Å². The van der Waals surface area contributed by atoms with Gasteiger partial charge in [-0.3, -0.25) is 0 Å². The molecule has 0 radical (unpaired) electrons. The Hall–Kier alpha value is -0.740. The average molecular weight is 375 g/mol. The molecular formula is C15H14BrCl2NO. The minimum atomic E-state index is -0.0385. The molecule has 0 aliphatic heterocycles. The fraction of sp³-hybridized carbons (Fsp3) is 0.200. The van der Waals surface area contributed by atoms with Crippen molar-refractivity contribution in [2.24, 2.45) is 0 Å². The van der Waals surface area contributed by atoms with Crippen molar-refractivity contribution in [3.63, 3.8) is 0 Å². The van der Waals surface area contributed by atoms with E-state index in [1.165, 1.54) is 0 Å². The third kappa shape index (κ3) is 3.29. The molecule has 0 heterocycles. The summed E-state index contributed by atoms with van der Waals surface area (Å²) < 4.78 is 6.16. The zero-order valence-corrected chi connectivity index (χ0v) is 14.2. The normalized spacial score (nSPS) is 12.2. The summed E-state index contributed by atoms with van der Waals surface area (Å²) in [5.41, 5.74) is 2.02. The molecule has 0 amide bonds. The molecule has 5 heteroatoms. The highest BCUT2D eigenvalue weighted by molar-refractivity contribution is 9.10. The van der Waals surface area contributed by atoms with E-state index >= 15 is 0 Å². The van der Waals surface area contributed by atoms with Crippen molar-refractivity contribution in [3.8, 4) is 5.75 Å². The number of nitrogens with one attached hydrogen (secondary N) is 1. The first-order chi connectivity index (χ1) is 9.56. The van der Waals surface area contributed by atoms with Crippen molar-refractivity contribution < 1.29 is 4.74 Å². The van der Waals surface area contributed by atoms with Crippen molar-refractivity contribution in [1.29, 1.82) is 0 Å². The van der Waals surface area contributed by atoms with Crippen LogP contribution in [-0.4, -0.2) is 14.2 Å². The third-order valence-electron chi connectivity index (χ3n) is 3.07. The van der Waals surface area contributed by atoms with E-state index in [0.29, 0.717) is 15.8 Å². The lowest BCUT2D eigenvalue weighted by molar-refractivity contribution is 0.414. The summed E-state index contributed by atoms with van der Waals surface area (Å²) in [6.45, 7) is 0. The Labute approximate surface area is 137 Å². The molecule has 1 N–H and O–H groups in total. The summed E-state index contributed by atoms with van der Waals surface area (Å²) in [6, 6.07) is 11.5. The number of ether oxygens (including phenoxy) is 1. The first-order valence-electron chi connectivity index (χ1n) is 6.02. The Balaban J connectivity index is 2.46. The number of halogens is 3. The van der Waals surface area contributed by atoms with E-state index in [-0.39, 0.29) is 6.04 Å². The summed E-state index contributed by atoms with van der Waals surface area (Å²) in [5.74, 6) is 0.658. The maximum Gasteiger partial charge on any atom is 0.137 e. The number of rotatable bonds is 4. The number of hydrogen-bond acceptors (Lipinski definition) is 2. The molecule has 2 aromatic carbocycles. The van der Waals surface area contributed by atoms with E-state index < -0.39 is 0 Å². The minimum absolute atomic E-state index is 0.0385. The van der Waals surface area contributed by atoms with Crippen molar-refractivity contribution in [2.75, 3.05) is 14.2 Å². The van der Waals surface area contributed by atoms with E-state index in [0.717, 1.165) is 15.6 Å². The molecule has 0 spiro atoms. The van der Waals surface area contributed by atoms with Crippen LogP contribution in [-0.2, 0) is 0 Å². The first kappa shape index (κ1) is 15.6. The Morgan fingerprint density at radius 1 is 1.10 bits per heavy atom. The molecule has 0 aliphatic rings. The van der Waals surface area contributed by atoms with Gasteiger partial charge in [-0.25, -0.2) is 0 Å². The molecular weight excluding hydrogens is 361 g/mol. The summed E-state index contributed by atoms with van der Waals surface area (Å²) in [5, 5.41) is 4.55.